The molecule has 0 radical (unpaired) electrons. The van der Waals surface area contributed by atoms with Crippen molar-refractivity contribution in [2.45, 2.75) is 52.4 Å². The normalized spacial score (nSPS) is 19.7. The molecule has 0 bridgehead atoms. The molecule has 2 aromatic rings. The monoisotopic (exact) mass is 369 g/mol. The van der Waals surface area contributed by atoms with Gasteiger partial charge in [0.15, 0.2) is 5.82 Å². The number of carbonyl (C=O) groups is 1. The topological polar surface area (TPSA) is 68.5 Å². The quantitative estimate of drug-likeness (QED) is 0.830. The first kappa shape index (κ1) is 18.0. The molecule has 0 spiro atoms. The van der Waals surface area contributed by atoms with Gasteiger partial charge in [0.1, 0.15) is 5.75 Å². The van der Waals surface area contributed by atoms with Gasteiger partial charge in [0, 0.05) is 31.3 Å². The van der Waals surface area contributed by atoms with Gasteiger partial charge in [0.05, 0.1) is 12.5 Å². The standard InChI is InChI=1S/C21H27N3O3/c1-21(2,3)20(25)24-9-4-5-16(13-24)19-22-18(23-27-19)12-14-6-7-17-15(11-14)8-10-26-17/h6-7,11,16H,4-5,8-10,12-13H2,1-3H3. The molecule has 1 aromatic heterocycles. The smallest absolute Gasteiger partial charge is 0.231 e. The van der Waals surface area contributed by atoms with Crippen LogP contribution in [-0.4, -0.2) is 40.6 Å². The molecule has 6 heteroatoms. The molecule has 2 aliphatic heterocycles. The van der Waals surface area contributed by atoms with Crippen molar-refractivity contribution in [2.75, 3.05) is 19.7 Å². The first-order chi connectivity index (χ1) is 12.9. The van der Waals surface area contributed by atoms with Gasteiger partial charge < -0.3 is 14.2 Å². The Morgan fingerprint density at radius 1 is 1.33 bits per heavy atom. The summed E-state index contributed by atoms with van der Waals surface area (Å²) >= 11 is 0. The zero-order valence-electron chi connectivity index (χ0n) is 16.3. The number of rotatable bonds is 3. The summed E-state index contributed by atoms with van der Waals surface area (Å²) in [5, 5.41) is 4.18. The number of benzene rings is 1. The van der Waals surface area contributed by atoms with E-state index in [9.17, 15) is 4.79 Å². The van der Waals surface area contributed by atoms with Crippen LogP contribution in [0, 0.1) is 5.41 Å². The maximum absolute atomic E-state index is 12.6. The summed E-state index contributed by atoms with van der Waals surface area (Å²) < 4.78 is 11.1. The highest BCUT2D eigenvalue weighted by Gasteiger charge is 2.33. The molecule has 0 N–H and O–H groups in total. The minimum atomic E-state index is -0.362. The largest absolute Gasteiger partial charge is 0.493 e. The first-order valence-electron chi connectivity index (χ1n) is 9.76. The number of hydrogen-bond acceptors (Lipinski definition) is 5. The molecule has 1 aromatic carbocycles. The molecule has 0 aliphatic carbocycles. The van der Waals surface area contributed by atoms with Crippen LogP contribution in [0.2, 0.25) is 0 Å². The van der Waals surface area contributed by atoms with E-state index in [-0.39, 0.29) is 17.2 Å². The van der Waals surface area contributed by atoms with E-state index in [0.717, 1.165) is 38.2 Å². The van der Waals surface area contributed by atoms with Crippen molar-refractivity contribution in [1.82, 2.24) is 15.0 Å². The van der Waals surface area contributed by atoms with Crippen LogP contribution in [0.4, 0.5) is 0 Å². The summed E-state index contributed by atoms with van der Waals surface area (Å²) in [6.07, 6.45) is 3.55. The van der Waals surface area contributed by atoms with Gasteiger partial charge in [-0.25, -0.2) is 0 Å². The van der Waals surface area contributed by atoms with E-state index in [1.165, 1.54) is 11.1 Å². The third-order valence-electron chi connectivity index (χ3n) is 5.30. The van der Waals surface area contributed by atoms with Crippen LogP contribution in [0.5, 0.6) is 5.75 Å². The van der Waals surface area contributed by atoms with Crippen LogP contribution in [0.25, 0.3) is 0 Å². The molecule has 1 amide bonds. The van der Waals surface area contributed by atoms with E-state index >= 15 is 0 Å². The average Bonchev–Trinajstić information content (AvgIpc) is 3.29. The summed E-state index contributed by atoms with van der Waals surface area (Å²) in [6.45, 7) is 8.12. The number of nitrogens with zero attached hydrogens (tertiary/aromatic N) is 3. The zero-order chi connectivity index (χ0) is 19.0. The number of amides is 1. The number of ether oxygens (including phenoxy) is 1. The summed E-state index contributed by atoms with van der Waals surface area (Å²) in [5.41, 5.74) is 2.05. The van der Waals surface area contributed by atoms with Crippen LogP contribution in [0.1, 0.15) is 62.4 Å². The van der Waals surface area contributed by atoms with Crippen molar-refractivity contribution < 1.29 is 14.1 Å². The lowest BCUT2D eigenvalue weighted by atomic mass is 9.91. The fourth-order valence-electron chi connectivity index (χ4n) is 3.88. The number of aromatic nitrogens is 2. The Balaban J connectivity index is 1.43. The van der Waals surface area contributed by atoms with Gasteiger partial charge in [-0.05, 0) is 30.0 Å². The first-order valence-corrected chi connectivity index (χ1v) is 9.76. The predicted molar refractivity (Wildman–Crippen MR) is 101 cm³/mol. The number of hydrogen-bond donors (Lipinski definition) is 0. The fourth-order valence-corrected chi connectivity index (χ4v) is 3.88. The number of fused-ring (bicyclic) bond motifs is 1. The number of likely N-dealkylation sites (tertiary alicyclic amines) is 1. The molecule has 1 atom stereocenters. The van der Waals surface area contributed by atoms with E-state index < -0.39 is 0 Å². The highest BCUT2D eigenvalue weighted by molar-refractivity contribution is 5.81. The Morgan fingerprint density at radius 2 is 2.19 bits per heavy atom. The molecule has 1 saturated heterocycles. The van der Waals surface area contributed by atoms with Gasteiger partial charge in [0.25, 0.3) is 0 Å². The Kier molecular flexibility index (Phi) is 4.66. The van der Waals surface area contributed by atoms with Crippen molar-refractivity contribution in [3.63, 3.8) is 0 Å². The highest BCUT2D eigenvalue weighted by atomic mass is 16.5. The van der Waals surface area contributed by atoms with Gasteiger partial charge in [0.2, 0.25) is 11.8 Å². The summed E-state index contributed by atoms with van der Waals surface area (Å²) in [6, 6.07) is 6.25. The van der Waals surface area contributed by atoms with Crippen LogP contribution < -0.4 is 4.74 Å². The van der Waals surface area contributed by atoms with Crippen molar-refractivity contribution in [3.05, 3.63) is 41.0 Å². The highest BCUT2D eigenvalue weighted by Crippen LogP contribution is 2.30. The lowest BCUT2D eigenvalue weighted by Crippen LogP contribution is -2.44. The third kappa shape index (κ3) is 3.84. The molecule has 3 heterocycles. The van der Waals surface area contributed by atoms with Gasteiger partial charge in [-0.15, -0.1) is 0 Å². The minimum absolute atomic E-state index is 0.125. The van der Waals surface area contributed by atoms with E-state index in [1.807, 2.05) is 31.7 Å². The minimum Gasteiger partial charge on any atom is -0.493 e. The summed E-state index contributed by atoms with van der Waals surface area (Å²) in [7, 11) is 0. The molecule has 1 fully saturated rings. The van der Waals surface area contributed by atoms with Crippen LogP contribution in [-0.2, 0) is 17.6 Å². The van der Waals surface area contributed by atoms with Crippen molar-refractivity contribution in [1.29, 1.82) is 0 Å². The second kappa shape index (κ2) is 6.98. The fraction of sp³-hybridized carbons (Fsp3) is 0.571. The Bertz CT molecular complexity index is 837. The molecule has 27 heavy (non-hydrogen) atoms. The Labute approximate surface area is 159 Å². The predicted octanol–water partition coefficient (Wildman–Crippen LogP) is 3.35. The molecule has 4 rings (SSSR count). The van der Waals surface area contributed by atoms with Crippen LogP contribution in [0.15, 0.2) is 22.7 Å². The lowest BCUT2D eigenvalue weighted by molar-refractivity contribution is -0.140. The van der Waals surface area contributed by atoms with Gasteiger partial charge in [-0.3, -0.25) is 4.79 Å². The molecule has 6 nitrogen and oxygen atoms in total. The molecule has 1 unspecified atom stereocenters. The number of piperidine rings is 1. The lowest BCUT2D eigenvalue weighted by Gasteiger charge is -2.35. The molecule has 2 aliphatic rings. The van der Waals surface area contributed by atoms with Crippen molar-refractivity contribution in [2.24, 2.45) is 5.41 Å². The molecular weight excluding hydrogens is 342 g/mol. The molecule has 0 saturated carbocycles. The summed E-state index contributed by atoms with van der Waals surface area (Å²) in [4.78, 5) is 19.2. The third-order valence-corrected chi connectivity index (χ3v) is 5.30. The van der Waals surface area contributed by atoms with Crippen LogP contribution >= 0.6 is 0 Å². The second-order valence-electron chi connectivity index (χ2n) is 8.61. The molecular formula is C21H27N3O3. The second-order valence-corrected chi connectivity index (χ2v) is 8.61. The maximum Gasteiger partial charge on any atom is 0.231 e. The average molecular weight is 369 g/mol. The van der Waals surface area contributed by atoms with E-state index in [2.05, 4.69) is 22.3 Å². The van der Waals surface area contributed by atoms with Crippen molar-refractivity contribution >= 4 is 5.91 Å². The number of carbonyl (C=O) groups excluding carboxylic acids is 1. The van der Waals surface area contributed by atoms with Gasteiger partial charge in [-0.2, -0.15) is 4.98 Å². The Morgan fingerprint density at radius 3 is 3.00 bits per heavy atom. The molecule has 144 valence electrons. The Hall–Kier alpha value is -2.37. The van der Waals surface area contributed by atoms with Crippen LogP contribution in [0.3, 0.4) is 0 Å². The van der Waals surface area contributed by atoms with Gasteiger partial charge >= 0.3 is 0 Å². The van der Waals surface area contributed by atoms with Gasteiger partial charge in [-0.1, -0.05) is 38.1 Å². The van der Waals surface area contributed by atoms with Crippen molar-refractivity contribution in [3.8, 4) is 5.75 Å². The summed E-state index contributed by atoms with van der Waals surface area (Å²) in [5.74, 6) is 2.65. The zero-order valence-corrected chi connectivity index (χ0v) is 16.3. The van der Waals surface area contributed by atoms with E-state index in [4.69, 9.17) is 9.26 Å². The maximum atomic E-state index is 12.6. The van der Waals surface area contributed by atoms with E-state index in [0.29, 0.717) is 24.7 Å². The SMILES string of the molecule is CC(C)(C)C(=O)N1CCCC(c2nc(Cc3ccc4c(c3)CCO4)no2)C1. The van der Waals surface area contributed by atoms with E-state index in [1.54, 1.807) is 0 Å².